The zero-order chi connectivity index (χ0) is 15.5. The smallest absolute Gasteiger partial charge is 0.341 e. The maximum absolute atomic E-state index is 12.5. The highest BCUT2D eigenvalue weighted by Crippen LogP contribution is 2.27. The number of hydrogen-bond acceptors (Lipinski definition) is 2. The maximum Gasteiger partial charge on any atom is 0.435 e. The third kappa shape index (κ3) is 3.42. The van der Waals surface area contributed by atoms with E-state index in [4.69, 9.17) is 6.42 Å². The summed E-state index contributed by atoms with van der Waals surface area (Å²) in [6, 6.07) is 6.84. The molecule has 0 radical (unpaired) electrons. The normalized spacial score (nSPS) is 11.0. The van der Waals surface area contributed by atoms with Crippen LogP contribution in [0.1, 0.15) is 16.1 Å². The Morgan fingerprint density at radius 2 is 1.95 bits per heavy atom. The molecule has 0 aliphatic rings. The van der Waals surface area contributed by atoms with E-state index in [9.17, 15) is 18.0 Å². The third-order valence-corrected chi connectivity index (χ3v) is 2.62. The Bertz CT molecular complexity index is 681. The molecular formula is C14H10F3N3O. The van der Waals surface area contributed by atoms with Crippen molar-refractivity contribution in [2.45, 2.75) is 6.18 Å². The molecule has 0 bridgehead atoms. The van der Waals surface area contributed by atoms with Gasteiger partial charge in [0.1, 0.15) is 0 Å². The van der Waals surface area contributed by atoms with Gasteiger partial charge in [0.05, 0.1) is 12.2 Å². The molecule has 2 rings (SSSR count). The molecule has 0 saturated carbocycles. The summed E-state index contributed by atoms with van der Waals surface area (Å²) in [4.78, 5) is 11.6. The monoisotopic (exact) mass is 293 g/mol. The summed E-state index contributed by atoms with van der Waals surface area (Å²) in [5.74, 6) is 1.92. The molecule has 0 fully saturated rings. The molecule has 0 saturated heterocycles. The molecule has 4 nitrogen and oxygen atoms in total. The Morgan fingerprint density at radius 1 is 1.29 bits per heavy atom. The minimum absolute atomic E-state index is 0.106. The van der Waals surface area contributed by atoms with Crippen molar-refractivity contribution < 1.29 is 18.0 Å². The fraction of sp³-hybridized carbons (Fsp3) is 0.143. The van der Waals surface area contributed by atoms with Crippen molar-refractivity contribution in [2.24, 2.45) is 0 Å². The number of benzene rings is 1. The first-order valence-corrected chi connectivity index (χ1v) is 5.87. The number of alkyl halides is 3. The van der Waals surface area contributed by atoms with Crippen LogP contribution in [-0.4, -0.2) is 22.2 Å². The Labute approximate surface area is 118 Å². The van der Waals surface area contributed by atoms with Gasteiger partial charge in [-0.25, -0.2) is 4.68 Å². The highest BCUT2D eigenvalue weighted by atomic mass is 19.4. The van der Waals surface area contributed by atoms with Crippen molar-refractivity contribution >= 4 is 5.91 Å². The summed E-state index contributed by atoms with van der Waals surface area (Å²) in [6.07, 6.45) is 1.74. The zero-order valence-corrected chi connectivity index (χ0v) is 10.7. The van der Waals surface area contributed by atoms with Crippen LogP contribution in [-0.2, 0) is 6.18 Å². The first kappa shape index (κ1) is 14.7. The SMILES string of the molecule is C#CCNC(=O)c1ccc(-n2ccc(C(F)(F)F)n2)cc1. The molecule has 1 heterocycles. The molecule has 108 valence electrons. The van der Waals surface area contributed by atoms with Crippen molar-refractivity contribution in [3.8, 4) is 18.0 Å². The summed E-state index contributed by atoms with van der Waals surface area (Å²) >= 11 is 0. The van der Waals surface area contributed by atoms with E-state index < -0.39 is 11.9 Å². The van der Waals surface area contributed by atoms with Crippen molar-refractivity contribution in [2.75, 3.05) is 6.54 Å². The minimum atomic E-state index is -4.49. The summed E-state index contributed by atoms with van der Waals surface area (Å²) < 4.78 is 38.5. The lowest BCUT2D eigenvalue weighted by atomic mass is 10.2. The topological polar surface area (TPSA) is 46.9 Å². The first-order chi connectivity index (χ1) is 9.91. The van der Waals surface area contributed by atoms with Gasteiger partial charge < -0.3 is 5.32 Å². The van der Waals surface area contributed by atoms with Gasteiger partial charge in [-0.2, -0.15) is 18.3 Å². The van der Waals surface area contributed by atoms with Crippen LogP contribution in [0.5, 0.6) is 0 Å². The van der Waals surface area contributed by atoms with Gasteiger partial charge in [-0.1, -0.05) is 5.92 Å². The molecule has 7 heteroatoms. The van der Waals surface area contributed by atoms with Crippen LogP contribution in [0.2, 0.25) is 0 Å². The molecular weight excluding hydrogens is 283 g/mol. The van der Waals surface area contributed by atoms with Crippen molar-refractivity contribution in [1.82, 2.24) is 15.1 Å². The lowest BCUT2D eigenvalue weighted by molar-refractivity contribution is -0.141. The van der Waals surface area contributed by atoms with E-state index in [1.807, 2.05) is 0 Å². The van der Waals surface area contributed by atoms with Gasteiger partial charge in [-0.15, -0.1) is 6.42 Å². The second-order valence-electron chi connectivity index (χ2n) is 4.08. The van der Waals surface area contributed by atoms with E-state index in [0.29, 0.717) is 11.3 Å². The summed E-state index contributed by atoms with van der Waals surface area (Å²) in [7, 11) is 0. The molecule has 0 atom stereocenters. The van der Waals surface area contributed by atoms with Gasteiger partial charge in [0.2, 0.25) is 0 Å². The molecule has 1 N–H and O–H groups in total. The second-order valence-corrected chi connectivity index (χ2v) is 4.08. The maximum atomic E-state index is 12.5. The lowest BCUT2D eigenvalue weighted by Gasteiger charge is -2.05. The number of halogens is 3. The van der Waals surface area contributed by atoms with Crippen molar-refractivity contribution in [3.63, 3.8) is 0 Å². The summed E-state index contributed by atoms with van der Waals surface area (Å²) in [6.45, 7) is 0.106. The molecule has 0 aliphatic carbocycles. The van der Waals surface area contributed by atoms with Gasteiger partial charge in [0.25, 0.3) is 5.91 Å². The molecule has 1 aromatic carbocycles. The number of aromatic nitrogens is 2. The summed E-state index contributed by atoms with van der Waals surface area (Å²) in [5.41, 5.74) is -0.199. The fourth-order valence-electron chi connectivity index (χ4n) is 1.62. The van der Waals surface area contributed by atoms with Gasteiger partial charge in [-0.3, -0.25) is 4.79 Å². The van der Waals surface area contributed by atoms with Crippen LogP contribution >= 0.6 is 0 Å². The van der Waals surface area contributed by atoms with Crippen LogP contribution in [0, 0.1) is 12.3 Å². The number of nitrogens with zero attached hydrogens (tertiary/aromatic N) is 2. The Balaban J connectivity index is 2.18. The minimum Gasteiger partial charge on any atom is -0.341 e. The predicted octanol–water partition coefficient (Wildman–Crippen LogP) is 2.25. The Morgan fingerprint density at radius 3 is 2.48 bits per heavy atom. The Kier molecular flexibility index (Phi) is 3.98. The van der Waals surface area contributed by atoms with E-state index in [1.165, 1.54) is 30.5 Å². The Hall–Kier alpha value is -2.75. The van der Waals surface area contributed by atoms with Gasteiger partial charge >= 0.3 is 6.18 Å². The van der Waals surface area contributed by atoms with Gasteiger partial charge in [0, 0.05) is 11.8 Å². The van der Waals surface area contributed by atoms with Crippen molar-refractivity contribution in [1.29, 1.82) is 0 Å². The number of nitrogens with one attached hydrogen (secondary N) is 1. The number of terminal acetylenes is 1. The second kappa shape index (κ2) is 5.71. The van der Waals surface area contributed by atoms with Crippen LogP contribution < -0.4 is 5.32 Å². The average molecular weight is 293 g/mol. The first-order valence-electron chi connectivity index (χ1n) is 5.87. The number of carbonyl (C=O) groups excluding carboxylic acids is 1. The standard InChI is InChI=1S/C14H10F3N3O/c1-2-8-18-13(21)10-3-5-11(6-4-10)20-9-7-12(19-20)14(15,16)17/h1,3-7,9H,8H2,(H,18,21). The predicted molar refractivity (Wildman–Crippen MR) is 69.7 cm³/mol. The molecule has 21 heavy (non-hydrogen) atoms. The molecule has 1 aromatic heterocycles. The number of rotatable bonds is 3. The average Bonchev–Trinajstić information content (AvgIpc) is 2.95. The zero-order valence-electron chi connectivity index (χ0n) is 10.7. The van der Waals surface area contributed by atoms with E-state index in [1.54, 1.807) is 0 Å². The molecule has 0 unspecified atom stereocenters. The highest BCUT2D eigenvalue weighted by molar-refractivity contribution is 5.94. The largest absolute Gasteiger partial charge is 0.435 e. The number of amides is 1. The highest BCUT2D eigenvalue weighted by Gasteiger charge is 2.33. The van der Waals surface area contributed by atoms with E-state index in [-0.39, 0.29) is 12.5 Å². The fourth-order valence-corrected chi connectivity index (χ4v) is 1.62. The number of hydrogen-bond donors (Lipinski definition) is 1. The van der Waals surface area contributed by atoms with E-state index >= 15 is 0 Å². The molecule has 1 amide bonds. The van der Waals surface area contributed by atoms with Crippen LogP contribution in [0.25, 0.3) is 5.69 Å². The van der Waals surface area contributed by atoms with Crippen molar-refractivity contribution in [3.05, 3.63) is 47.8 Å². The third-order valence-electron chi connectivity index (χ3n) is 2.62. The van der Waals surface area contributed by atoms with Crippen LogP contribution in [0.4, 0.5) is 13.2 Å². The van der Waals surface area contributed by atoms with Crippen LogP contribution in [0.3, 0.4) is 0 Å². The quantitative estimate of drug-likeness (QED) is 0.882. The van der Waals surface area contributed by atoms with E-state index in [0.717, 1.165) is 10.7 Å². The lowest BCUT2D eigenvalue weighted by Crippen LogP contribution is -2.23. The summed E-state index contributed by atoms with van der Waals surface area (Å²) in [5, 5.41) is 5.93. The molecule has 0 spiro atoms. The molecule has 2 aromatic rings. The molecule has 0 aliphatic heterocycles. The van der Waals surface area contributed by atoms with E-state index in [2.05, 4.69) is 16.3 Å². The number of carbonyl (C=O) groups is 1. The van der Waals surface area contributed by atoms with Gasteiger partial charge in [0.15, 0.2) is 5.69 Å². The van der Waals surface area contributed by atoms with Gasteiger partial charge in [-0.05, 0) is 30.3 Å². The van der Waals surface area contributed by atoms with Crippen LogP contribution in [0.15, 0.2) is 36.5 Å².